The van der Waals surface area contributed by atoms with Crippen LogP contribution in [0.5, 0.6) is 0 Å². The van der Waals surface area contributed by atoms with E-state index in [4.69, 9.17) is 4.74 Å². The summed E-state index contributed by atoms with van der Waals surface area (Å²) in [6.45, 7) is 5.28. The summed E-state index contributed by atoms with van der Waals surface area (Å²) >= 11 is 1.63. The van der Waals surface area contributed by atoms with E-state index in [1.165, 1.54) is 12.1 Å². The van der Waals surface area contributed by atoms with Crippen LogP contribution in [0.15, 0.2) is 67.3 Å². The third-order valence-electron chi connectivity index (χ3n) is 6.51. The van der Waals surface area contributed by atoms with Crippen molar-refractivity contribution in [2.75, 3.05) is 6.61 Å². The SMILES string of the molecule is C=CCC1(c2ccc(C)c(Cc3ccc(-c4ccc(F)cc4)s3)c2)OC(CO)C(O)C(O)C1O. The predicted molar refractivity (Wildman–Crippen MR) is 130 cm³/mol. The lowest BCUT2D eigenvalue weighted by molar-refractivity contribution is -0.278. The third-order valence-corrected chi connectivity index (χ3v) is 7.65. The minimum absolute atomic E-state index is 0.185. The largest absolute Gasteiger partial charge is 0.394 e. The lowest BCUT2D eigenvalue weighted by Crippen LogP contribution is -2.63. The van der Waals surface area contributed by atoms with Gasteiger partial charge >= 0.3 is 0 Å². The van der Waals surface area contributed by atoms with Gasteiger partial charge in [-0.1, -0.05) is 36.4 Å². The van der Waals surface area contributed by atoms with E-state index in [9.17, 15) is 24.8 Å². The molecule has 0 spiro atoms. The number of halogens is 1. The smallest absolute Gasteiger partial charge is 0.126 e. The van der Waals surface area contributed by atoms with Crippen molar-refractivity contribution in [3.05, 3.63) is 94.6 Å². The molecule has 4 rings (SSSR count). The molecule has 5 atom stereocenters. The van der Waals surface area contributed by atoms with Crippen molar-refractivity contribution in [2.24, 2.45) is 0 Å². The zero-order chi connectivity index (χ0) is 24.5. The van der Waals surface area contributed by atoms with Crippen LogP contribution in [-0.2, 0) is 16.8 Å². The van der Waals surface area contributed by atoms with Gasteiger partial charge in [0.05, 0.1) is 6.61 Å². The molecule has 5 unspecified atom stereocenters. The lowest BCUT2D eigenvalue weighted by Gasteiger charge is -2.49. The van der Waals surface area contributed by atoms with E-state index in [0.29, 0.717) is 12.0 Å². The number of hydrogen-bond donors (Lipinski definition) is 4. The highest BCUT2D eigenvalue weighted by atomic mass is 32.1. The van der Waals surface area contributed by atoms with Gasteiger partial charge in [0.25, 0.3) is 0 Å². The molecule has 0 bridgehead atoms. The van der Waals surface area contributed by atoms with Crippen LogP contribution in [0.3, 0.4) is 0 Å². The summed E-state index contributed by atoms with van der Waals surface area (Å²) in [4.78, 5) is 2.16. The van der Waals surface area contributed by atoms with Crippen LogP contribution in [0.1, 0.15) is 28.0 Å². The zero-order valence-corrected chi connectivity index (χ0v) is 19.7. The molecule has 1 fully saturated rings. The summed E-state index contributed by atoms with van der Waals surface area (Å²) in [7, 11) is 0. The monoisotopic (exact) mass is 484 g/mol. The van der Waals surface area contributed by atoms with Gasteiger partial charge in [0, 0.05) is 22.6 Å². The maximum absolute atomic E-state index is 13.3. The van der Waals surface area contributed by atoms with Crippen LogP contribution in [-0.4, -0.2) is 51.4 Å². The first-order valence-electron chi connectivity index (χ1n) is 11.2. The van der Waals surface area contributed by atoms with Crippen molar-refractivity contribution in [3.8, 4) is 10.4 Å². The summed E-state index contributed by atoms with van der Waals surface area (Å²) in [6, 6.07) is 16.2. The summed E-state index contributed by atoms with van der Waals surface area (Å²) in [5.41, 5.74) is 2.31. The molecule has 2 heterocycles. The Morgan fingerprint density at radius 3 is 2.47 bits per heavy atom. The average molecular weight is 485 g/mol. The zero-order valence-electron chi connectivity index (χ0n) is 18.9. The molecule has 1 aromatic heterocycles. The van der Waals surface area contributed by atoms with Gasteiger partial charge in [-0.05, 0) is 53.4 Å². The number of thiophene rings is 1. The molecular weight excluding hydrogens is 455 g/mol. The van der Waals surface area contributed by atoms with Gasteiger partial charge in [0.2, 0.25) is 0 Å². The molecule has 0 radical (unpaired) electrons. The number of benzene rings is 2. The quantitative estimate of drug-likeness (QED) is 0.384. The Kier molecular flexibility index (Phi) is 7.33. The molecule has 1 aliphatic heterocycles. The van der Waals surface area contributed by atoms with Crippen LogP contribution >= 0.6 is 11.3 Å². The fourth-order valence-electron chi connectivity index (χ4n) is 4.53. The maximum Gasteiger partial charge on any atom is 0.126 e. The number of aliphatic hydroxyl groups excluding tert-OH is 4. The number of ether oxygens (including phenoxy) is 1. The Hall–Kier alpha value is -2.39. The van der Waals surface area contributed by atoms with Gasteiger partial charge in [-0.15, -0.1) is 17.9 Å². The van der Waals surface area contributed by atoms with Gasteiger partial charge in [-0.25, -0.2) is 4.39 Å². The minimum atomic E-state index is -1.48. The van der Waals surface area contributed by atoms with E-state index in [0.717, 1.165) is 26.4 Å². The van der Waals surface area contributed by atoms with Crippen LogP contribution in [0.2, 0.25) is 0 Å². The first-order chi connectivity index (χ1) is 16.3. The second-order valence-corrected chi connectivity index (χ2v) is 9.91. The summed E-state index contributed by atoms with van der Waals surface area (Å²) in [6.07, 6.45) is -2.92. The molecule has 7 heteroatoms. The molecule has 4 N–H and O–H groups in total. The summed E-state index contributed by atoms with van der Waals surface area (Å²) in [5, 5.41) is 41.4. The molecular formula is C27H29FO5S. The number of hydrogen-bond acceptors (Lipinski definition) is 6. The summed E-state index contributed by atoms with van der Waals surface area (Å²) in [5.74, 6) is -0.269. The van der Waals surface area contributed by atoms with Crippen LogP contribution in [0.4, 0.5) is 4.39 Å². The first kappa shape index (κ1) is 24.7. The standard InChI is InChI=1S/C27H29FO5S/c1-3-12-27(26(32)25(31)24(30)22(15-29)33-27)19-7-4-16(2)18(13-19)14-21-10-11-23(34-21)17-5-8-20(28)9-6-17/h3-11,13,22,24-26,29-32H,1,12,14-15H2,2H3. The Balaban J connectivity index is 1.67. The highest BCUT2D eigenvalue weighted by molar-refractivity contribution is 7.15. The second kappa shape index (κ2) is 10.1. The molecule has 0 saturated carbocycles. The highest BCUT2D eigenvalue weighted by Gasteiger charge is 2.53. The van der Waals surface area contributed by atoms with Crippen LogP contribution < -0.4 is 0 Å². The van der Waals surface area contributed by atoms with Crippen molar-refractivity contribution in [3.63, 3.8) is 0 Å². The Labute approximate surface area is 202 Å². The highest BCUT2D eigenvalue weighted by Crippen LogP contribution is 2.42. The van der Waals surface area contributed by atoms with Crippen LogP contribution in [0.25, 0.3) is 10.4 Å². The third kappa shape index (κ3) is 4.60. The number of rotatable bonds is 7. The molecule has 0 aliphatic carbocycles. The topological polar surface area (TPSA) is 90.2 Å². The molecule has 3 aromatic rings. The van der Waals surface area contributed by atoms with Crippen molar-refractivity contribution in [2.45, 2.75) is 49.8 Å². The molecule has 34 heavy (non-hydrogen) atoms. The Bertz CT molecular complexity index is 1140. The van der Waals surface area contributed by atoms with Crippen LogP contribution in [0, 0.1) is 12.7 Å². The minimum Gasteiger partial charge on any atom is -0.394 e. The number of aryl methyl sites for hydroxylation is 1. The van der Waals surface area contributed by atoms with E-state index in [-0.39, 0.29) is 12.2 Å². The predicted octanol–water partition coefficient (Wildman–Crippen LogP) is 3.70. The fourth-order valence-corrected chi connectivity index (χ4v) is 5.57. The van der Waals surface area contributed by atoms with Gasteiger partial charge in [0.15, 0.2) is 0 Å². The van der Waals surface area contributed by atoms with Crippen molar-refractivity contribution >= 4 is 11.3 Å². The van der Waals surface area contributed by atoms with Gasteiger partial charge in [-0.3, -0.25) is 0 Å². The van der Waals surface area contributed by atoms with Gasteiger partial charge in [0.1, 0.15) is 35.8 Å². The van der Waals surface area contributed by atoms with E-state index >= 15 is 0 Å². The molecule has 180 valence electrons. The lowest BCUT2D eigenvalue weighted by atomic mass is 9.77. The first-order valence-corrected chi connectivity index (χ1v) is 12.0. The van der Waals surface area contributed by atoms with Crippen molar-refractivity contribution in [1.29, 1.82) is 0 Å². The average Bonchev–Trinajstić information content (AvgIpc) is 3.30. The van der Waals surface area contributed by atoms with Gasteiger partial charge < -0.3 is 25.2 Å². The molecule has 0 amide bonds. The molecule has 2 aromatic carbocycles. The normalized spacial score (nSPS) is 27.0. The van der Waals surface area contributed by atoms with Crippen molar-refractivity contribution < 1.29 is 29.6 Å². The van der Waals surface area contributed by atoms with E-state index < -0.39 is 36.6 Å². The van der Waals surface area contributed by atoms with Gasteiger partial charge in [-0.2, -0.15) is 0 Å². The molecule has 1 aliphatic rings. The Morgan fingerprint density at radius 2 is 1.79 bits per heavy atom. The molecule has 1 saturated heterocycles. The maximum atomic E-state index is 13.3. The summed E-state index contributed by atoms with van der Waals surface area (Å²) < 4.78 is 19.3. The van der Waals surface area contributed by atoms with Crippen molar-refractivity contribution in [1.82, 2.24) is 0 Å². The number of aliphatic hydroxyl groups is 4. The molecule has 5 nitrogen and oxygen atoms in total. The van der Waals surface area contributed by atoms with E-state index in [1.807, 2.05) is 37.3 Å². The van der Waals surface area contributed by atoms with E-state index in [2.05, 4.69) is 6.58 Å². The Morgan fingerprint density at radius 1 is 1.06 bits per heavy atom. The fraction of sp³-hybridized carbons (Fsp3) is 0.333. The van der Waals surface area contributed by atoms with E-state index in [1.54, 1.807) is 29.5 Å². The second-order valence-electron chi connectivity index (χ2n) is 8.74.